The number of hydrogen-bond donors (Lipinski definition) is 0. The van der Waals surface area contributed by atoms with Gasteiger partial charge in [0.2, 0.25) is 0 Å². The maximum Gasteiger partial charge on any atom is 0.290 e. The maximum absolute atomic E-state index is 12.6. The molecular formula is C6H6Cl4F4O. The van der Waals surface area contributed by atoms with E-state index in [2.05, 4.69) is 4.74 Å². The van der Waals surface area contributed by atoms with Crippen molar-refractivity contribution in [3.63, 3.8) is 0 Å². The fourth-order valence-corrected chi connectivity index (χ4v) is 0.716. The van der Waals surface area contributed by atoms with Gasteiger partial charge in [-0.05, 0) is 0 Å². The molecule has 0 spiro atoms. The third-order valence-corrected chi connectivity index (χ3v) is 2.19. The molecule has 0 saturated heterocycles. The van der Waals surface area contributed by atoms with Gasteiger partial charge in [-0.15, -0.1) is 0 Å². The molecule has 0 fully saturated rings. The Bertz CT molecular complexity index is 173. The molecule has 2 unspecified atom stereocenters. The highest BCUT2D eigenvalue weighted by Gasteiger charge is 2.38. The molecule has 15 heavy (non-hydrogen) atoms. The molecule has 0 aromatic heterocycles. The standard InChI is InChI=1S/C6H6Cl4F4O/c7-5(8,13)3(11)1-15-2-4(12)6(9,10)14/h3-4H,1-2H2. The average Bonchev–Trinajstić information content (AvgIpc) is 2.00. The zero-order valence-corrected chi connectivity index (χ0v) is 10.0. The molecule has 0 N–H and O–H groups in total. The van der Waals surface area contributed by atoms with Crippen LogP contribution in [-0.2, 0) is 4.74 Å². The van der Waals surface area contributed by atoms with Gasteiger partial charge in [-0.2, -0.15) is 0 Å². The van der Waals surface area contributed by atoms with Gasteiger partial charge in [-0.3, -0.25) is 0 Å². The third kappa shape index (κ3) is 6.89. The summed E-state index contributed by atoms with van der Waals surface area (Å²) >= 11 is 18.9. The van der Waals surface area contributed by atoms with Crippen molar-refractivity contribution in [3.8, 4) is 0 Å². The van der Waals surface area contributed by atoms with Gasteiger partial charge >= 0.3 is 0 Å². The minimum Gasteiger partial charge on any atom is -0.375 e. The maximum atomic E-state index is 12.6. The van der Waals surface area contributed by atoms with Gasteiger partial charge in [0.05, 0.1) is 13.2 Å². The van der Waals surface area contributed by atoms with Crippen LogP contribution in [0.5, 0.6) is 0 Å². The van der Waals surface area contributed by atoms with Crippen LogP contribution in [-0.4, -0.2) is 34.7 Å². The van der Waals surface area contributed by atoms with Crippen LogP contribution >= 0.6 is 46.4 Å². The van der Waals surface area contributed by atoms with E-state index in [4.69, 9.17) is 46.4 Å². The Hall–Kier alpha value is 0.840. The van der Waals surface area contributed by atoms with Crippen LogP contribution in [0.15, 0.2) is 0 Å². The molecule has 92 valence electrons. The van der Waals surface area contributed by atoms with Crippen molar-refractivity contribution in [2.75, 3.05) is 13.2 Å². The lowest BCUT2D eigenvalue weighted by Crippen LogP contribution is -2.31. The summed E-state index contributed by atoms with van der Waals surface area (Å²) in [6.07, 6.45) is -4.79. The quantitative estimate of drug-likeness (QED) is 0.534. The summed E-state index contributed by atoms with van der Waals surface area (Å²) in [7, 11) is 0. The molecule has 0 aromatic carbocycles. The van der Waals surface area contributed by atoms with Crippen molar-refractivity contribution in [1.82, 2.24) is 0 Å². The first-order valence-electron chi connectivity index (χ1n) is 3.54. The molecule has 0 bridgehead atoms. The molecular weight excluding hydrogens is 306 g/mol. The van der Waals surface area contributed by atoms with Gasteiger partial charge in [0.25, 0.3) is 9.17 Å². The minimum atomic E-state index is -3.15. The van der Waals surface area contributed by atoms with Crippen LogP contribution in [0.1, 0.15) is 0 Å². The predicted molar refractivity (Wildman–Crippen MR) is 51.7 cm³/mol. The summed E-state index contributed by atoms with van der Waals surface area (Å²) in [6.45, 7) is -1.90. The van der Waals surface area contributed by atoms with Gasteiger partial charge in [0, 0.05) is 0 Å². The lowest BCUT2D eigenvalue weighted by Gasteiger charge is -2.18. The van der Waals surface area contributed by atoms with Crippen LogP contribution < -0.4 is 0 Å². The fraction of sp³-hybridized carbons (Fsp3) is 1.00. The molecule has 0 aromatic rings. The first kappa shape index (κ1) is 15.8. The summed E-state index contributed by atoms with van der Waals surface area (Å²) in [5.74, 6) is 0. The van der Waals surface area contributed by atoms with Gasteiger partial charge in [0.1, 0.15) is 0 Å². The second-order valence-electron chi connectivity index (χ2n) is 2.56. The summed E-state index contributed by atoms with van der Waals surface area (Å²) in [6, 6.07) is 0. The lowest BCUT2D eigenvalue weighted by molar-refractivity contribution is 0.0102. The van der Waals surface area contributed by atoms with E-state index in [0.717, 1.165) is 0 Å². The van der Waals surface area contributed by atoms with Crippen LogP contribution in [0.4, 0.5) is 17.6 Å². The topological polar surface area (TPSA) is 9.23 Å². The number of hydrogen-bond acceptors (Lipinski definition) is 1. The smallest absolute Gasteiger partial charge is 0.290 e. The normalized spacial score (nSPS) is 17.6. The first-order chi connectivity index (χ1) is 6.55. The molecule has 9 heteroatoms. The first-order valence-corrected chi connectivity index (χ1v) is 5.05. The van der Waals surface area contributed by atoms with Gasteiger partial charge in [-0.1, -0.05) is 46.4 Å². The Balaban J connectivity index is 3.81. The van der Waals surface area contributed by atoms with Crippen molar-refractivity contribution in [1.29, 1.82) is 0 Å². The molecule has 0 heterocycles. The molecule has 1 nitrogen and oxygen atoms in total. The Labute approximate surface area is 104 Å². The van der Waals surface area contributed by atoms with Crippen LogP contribution in [0.3, 0.4) is 0 Å². The highest BCUT2D eigenvalue weighted by molar-refractivity contribution is 6.47. The van der Waals surface area contributed by atoms with E-state index in [1.165, 1.54) is 0 Å². The van der Waals surface area contributed by atoms with Crippen molar-refractivity contribution in [2.45, 2.75) is 21.5 Å². The third-order valence-electron chi connectivity index (χ3n) is 1.24. The SMILES string of the molecule is FC(COCC(F)C(F)(Cl)Cl)C(F)(Cl)Cl. The second kappa shape index (κ2) is 5.96. The van der Waals surface area contributed by atoms with Crippen LogP contribution in [0.2, 0.25) is 0 Å². The van der Waals surface area contributed by atoms with Crippen molar-refractivity contribution < 1.29 is 22.3 Å². The summed E-state index contributed by atoms with van der Waals surface area (Å²) in [5, 5.41) is 0. The molecule has 0 aliphatic carbocycles. The molecule has 0 rings (SSSR count). The predicted octanol–water partition coefficient (Wildman–Crippen LogP) is 3.88. The highest BCUT2D eigenvalue weighted by atomic mass is 35.5. The van der Waals surface area contributed by atoms with E-state index in [1.54, 1.807) is 0 Å². The van der Waals surface area contributed by atoms with E-state index in [9.17, 15) is 17.6 Å². The number of ether oxygens (including phenoxy) is 1. The number of rotatable bonds is 6. The number of halogens is 8. The average molecular weight is 312 g/mol. The fourth-order valence-electron chi connectivity index (χ4n) is 0.464. The zero-order chi connectivity index (χ0) is 12.3. The van der Waals surface area contributed by atoms with E-state index in [1.807, 2.05) is 0 Å². The van der Waals surface area contributed by atoms with Crippen molar-refractivity contribution in [2.24, 2.45) is 0 Å². The summed E-state index contributed by atoms with van der Waals surface area (Å²) in [4.78, 5) is 0. The van der Waals surface area contributed by atoms with Crippen molar-refractivity contribution in [3.05, 3.63) is 0 Å². The Morgan fingerprint density at radius 2 is 1.13 bits per heavy atom. The number of alkyl halides is 8. The Morgan fingerprint density at radius 3 is 1.33 bits per heavy atom. The summed E-state index contributed by atoms with van der Waals surface area (Å²) in [5.41, 5.74) is 0. The molecule has 0 saturated carbocycles. The van der Waals surface area contributed by atoms with E-state index >= 15 is 0 Å². The molecule has 0 radical (unpaired) electrons. The molecule has 0 amide bonds. The molecule has 0 aliphatic rings. The highest BCUT2D eigenvalue weighted by Crippen LogP contribution is 2.31. The van der Waals surface area contributed by atoms with Gasteiger partial charge < -0.3 is 4.74 Å². The minimum absolute atomic E-state index is 0.951. The Morgan fingerprint density at radius 1 is 0.867 bits per heavy atom. The zero-order valence-electron chi connectivity index (χ0n) is 7.00. The van der Waals surface area contributed by atoms with Crippen LogP contribution in [0, 0.1) is 0 Å². The van der Waals surface area contributed by atoms with Crippen LogP contribution in [0.25, 0.3) is 0 Å². The van der Waals surface area contributed by atoms with E-state index in [-0.39, 0.29) is 0 Å². The van der Waals surface area contributed by atoms with E-state index in [0.29, 0.717) is 0 Å². The van der Waals surface area contributed by atoms with E-state index < -0.39 is 34.7 Å². The van der Waals surface area contributed by atoms with Gasteiger partial charge in [-0.25, -0.2) is 17.6 Å². The monoisotopic (exact) mass is 310 g/mol. The summed E-state index contributed by atoms with van der Waals surface area (Å²) < 4.78 is 48.0. The molecule has 0 aliphatic heterocycles. The van der Waals surface area contributed by atoms with Crippen molar-refractivity contribution >= 4 is 46.4 Å². The molecule has 2 atom stereocenters. The lowest BCUT2D eigenvalue weighted by atomic mass is 10.4. The largest absolute Gasteiger partial charge is 0.375 e. The second-order valence-corrected chi connectivity index (χ2v) is 5.14. The Kier molecular flexibility index (Phi) is 6.29. The van der Waals surface area contributed by atoms with Gasteiger partial charge in [0.15, 0.2) is 12.3 Å².